The molecule has 0 spiro atoms. The summed E-state index contributed by atoms with van der Waals surface area (Å²) in [5.74, 6) is 1.98. The van der Waals surface area contributed by atoms with Crippen molar-refractivity contribution in [2.45, 2.75) is 7.43 Å². The van der Waals surface area contributed by atoms with Crippen molar-refractivity contribution in [1.82, 2.24) is 0 Å². The van der Waals surface area contributed by atoms with Crippen molar-refractivity contribution in [2.75, 3.05) is 21.3 Å². The number of benzene rings is 1. The number of ether oxygens (including phenoxy) is 3. The lowest BCUT2D eigenvalue weighted by Crippen LogP contribution is -1.93. The van der Waals surface area contributed by atoms with Crippen LogP contribution in [0.4, 0.5) is 0 Å². The zero-order chi connectivity index (χ0) is 8.97. The Labute approximate surface area is 79.2 Å². The maximum atomic E-state index is 5.11. The highest BCUT2D eigenvalue weighted by Crippen LogP contribution is 2.35. The second-order valence-electron chi connectivity index (χ2n) is 2.20. The highest BCUT2D eigenvalue weighted by atomic mass is 16.5. The molecule has 0 aliphatic carbocycles. The van der Waals surface area contributed by atoms with Crippen molar-refractivity contribution in [3.05, 3.63) is 18.2 Å². The third-order valence-corrected chi connectivity index (χ3v) is 1.59. The van der Waals surface area contributed by atoms with Crippen molar-refractivity contribution < 1.29 is 14.2 Å². The largest absolute Gasteiger partial charge is 0.493 e. The summed E-state index contributed by atoms with van der Waals surface area (Å²) in [5, 5.41) is 0. The first kappa shape index (κ1) is 11.6. The van der Waals surface area contributed by atoms with Gasteiger partial charge in [0.25, 0.3) is 0 Å². The molecule has 1 rings (SSSR count). The Morgan fingerprint density at radius 2 is 1.31 bits per heavy atom. The molecule has 0 aliphatic rings. The van der Waals surface area contributed by atoms with E-state index < -0.39 is 0 Å². The van der Waals surface area contributed by atoms with E-state index in [0.29, 0.717) is 17.2 Å². The van der Waals surface area contributed by atoms with Crippen LogP contribution in [0.1, 0.15) is 7.43 Å². The second-order valence-corrected chi connectivity index (χ2v) is 2.20. The van der Waals surface area contributed by atoms with Crippen molar-refractivity contribution in [1.29, 1.82) is 0 Å². The summed E-state index contributed by atoms with van der Waals surface area (Å²) in [6.07, 6.45) is 0. The molecule has 1 aromatic rings. The molecule has 1 aromatic carbocycles. The van der Waals surface area contributed by atoms with Crippen LogP contribution in [0.15, 0.2) is 18.2 Å². The van der Waals surface area contributed by atoms with E-state index in [1.54, 1.807) is 21.3 Å². The van der Waals surface area contributed by atoms with Gasteiger partial charge >= 0.3 is 0 Å². The molecule has 0 radical (unpaired) electrons. The average Bonchev–Trinajstić information content (AvgIpc) is 2.16. The Kier molecular flexibility index (Phi) is 4.74. The number of methoxy groups -OCH3 is 3. The lowest BCUT2D eigenvalue weighted by atomic mass is 10.3. The second kappa shape index (κ2) is 5.30. The van der Waals surface area contributed by atoms with Gasteiger partial charge < -0.3 is 14.2 Å². The predicted molar refractivity (Wildman–Crippen MR) is 52.8 cm³/mol. The van der Waals surface area contributed by atoms with Gasteiger partial charge in [0.2, 0.25) is 5.75 Å². The van der Waals surface area contributed by atoms with Crippen molar-refractivity contribution in [3.8, 4) is 17.2 Å². The highest BCUT2D eigenvalue weighted by molar-refractivity contribution is 5.50. The molecule has 0 heterocycles. The summed E-state index contributed by atoms with van der Waals surface area (Å²) < 4.78 is 15.3. The first-order chi connectivity index (χ1) is 5.83. The van der Waals surface area contributed by atoms with Crippen LogP contribution in [0.25, 0.3) is 0 Å². The number of rotatable bonds is 3. The SMILES string of the molecule is C.COc1cccc(OC)c1OC. The fourth-order valence-electron chi connectivity index (χ4n) is 1.02. The molecule has 0 aliphatic heterocycles. The average molecular weight is 184 g/mol. The molecule has 0 fully saturated rings. The van der Waals surface area contributed by atoms with Crippen molar-refractivity contribution in [2.24, 2.45) is 0 Å². The number of hydrogen-bond donors (Lipinski definition) is 0. The smallest absolute Gasteiger partial charge is 0.203 e. The fourth-order valence-corrected chi connectivity index (χ4v) is 1.02. The topological polar surface area (TPSA) is 27.7 Å². The molecule has 0 amide bonds. The molecule has 0 bridgehead atoms. The molecule has 3 heteroatoms. The van der Waals surface area contributed by atoms with E-state index in [1.165, 1.54) is 0 Å². The summed E-state index contributed by atoms with van der Waals surface area (Å²) in [6, 6.07) is 5.49. The van der Waals surface area contributed by atoms with Crippen LogP contribution in [0, 0.1) is 0 Å². The minimum absolute atomic E-state index is 0. The zero-order valence-corrected chi connectivity index (χ0v) is 7.46. The summed E-state index contributed by atoms with van der Waals surface area (Å²) >= 11 is 0. The van der Waals surface area contributed by atoms with Gasteiger partial charge in [-0.15, -0.1) is 0 Å². The third kappa shape index (κ3) is 2.28. The molecule has 74 valence electrons. The van der Waals surface area contributed by atoms with Gasteiger partial charge in [-0.2, -0.15) is 0 Å². The zero-order valence-electron chi connectivity index (χ0n) is 7.46. The summed E-state index contributed by atoms with van der Waals surface area (Å²) in [4.78, 5) is 0. The first-order valence-electron chi connectivity index (χ1n) is 3.58. The molecule has 13 heavy (non-hydrogen) atoms. The van der Waals surface area contributed by atoms with E-state index in [4.69, 9.17) is 14.2 Å². The maximum absolute atomic E-state index is 5.11. The molecule has 3 nitrogen and oxygen atoms in total. The number of para-hydroxylation sites is 1. The van der Waals surface area contributed by atoms with Crippen LogP contribution >= 0.6 is 0 Å². The predicted octanol–water partition coefficient (Wildman–Crippen LogP) is 2.35. The molecular weight excluding hydrogens is 168 g/mol. The van der Waals surface area contributed by atoms with Gasteiger partial charge in [0, 0.05) is 0 Å². The Balaban J connectivity index is 0.00000144. The third-order valence-electron chi connectivity index (χ3n) is 1.59. The Morgan fingerprint density at radius 1 is 0.846 bits per heavy atom. The maximum Gasteiger partial charge on any atom is 0.203 e. The van der Waals surface area contributed by atoms with E-state index >= 15 is 0 Å². The number of hydrogen-bond acceptors (Lipinski definition) is 3. The van der Waals surface area contributed by atoms with Gasteiger partial charge in [-0.1, -0.05) is 13.5 Å². The van der Waals surface area contributed by atoms with Gasteiger partial charge in [0.05, 0.1) is 21.3 Å². The van der Waals surface area contributed by atoms with Gasteiger partial charge in [-0.05, 0) is 12.1 Å². The molecule has 0 aromatic heterocycles. The van der Waals surface area contributed by atoms with Crippen LogP contribution in [0.3, 0.4) is 0 Å². The monoisotopic (exact) mass is 184 g/mol. The molecule has 0 saturated heterocycles. The summed E-state index contributed by atoms with van der Waals surface area (Å²) in [5.41, 5.74) is 0. The summed E-state index contributed by atoms with van der Waals surface area (Å²) in [7, 11) is 4.77. The van der Waals surface area contributed by atoms with E-state index in [2.05, 4.69) is 0 Å². The molecule has 0 unspecified atom stereocenters. The Hall–Kier alpha value is -1.38. The van der Waals surface area contributed by atoms with Crippen LogP contribution in [-0.2, 0) is 0 Å². The first-order valence-corrected chi connectivity index (χ1v) is 3.58. The minimum Gasteiger partial charge on any atom is -0.493 e. The Morgan fingerprint density at radius 3 is 1.62 bits per heavy atom. The fraction of sp³-hybridized carbons (Fsp3) is 0.400. The molecule has 0 N–H and O–H groups in total. The van der Waals surface area contributed by atoms with E-state index in [9.17, 15) is 0 Å². The minimum atomic E-state index is 0. The van der Waals surface area contributed by atoms with Crippen LogP contribution in [0.5, 0.6) is 17.2 Å². The lowest BCUT2D eigenvalue weighted by Gasteiger charge is -2.10. The molecular formula is C10H16O3. The van der Waals surface area contributed by atoms with Crippen molar-refractivity contribution in [3.63, 3.8) is 0 Å². The van der Waals surface area contributed by atoms with E-state index in [1.807, 2.05) is 18.2 Å². The molecule has 0 atom stereocenters. The standard InChI is InChI=1S/C9H12O3.CH4/c1-10-7-5-4-6-8(11-2)9(7)12-3;/h4-6H,1-3H3;1H4. The van der Waals surface area contributed by atoms with Gasteiger partial charge in [-0.3, -0.25) is 0 Å². The Bertz CT molecular complexity index is 236. The van der Waals surface area contributed by atoms with Crippen molar-refractivity contribution >= 4 is 0 Å². The summed E-state index contributed by atoms with van der Waals surface area (Å²) in [6.45, 7) is 0. The normalized spacial score (nSPS) is 8.54. The quantitative estimate of drug-likeness (QED) is 0.721. The van der Waals surface area contributed by atoms with Crippen LogP contribution in [0.2, 0.25) is 0 Å². The van der Waals surface area contributed by atoms with Gasteiger partial charge in [-0.25, -0.2) is 0 Å². The van der Waals surface area contributed by atoms with Gasteiger partial charge in [0.15, 0.2) is 11.5 Å². The molecule has 0 saturated carbocycles. The highest BCUT2D eigenvalue weighted by Gasteiger charge is 2.08. The van der Waals surface area contributed by atoms with E-state index in [-0.39, 0.29) is 7.43 Å². The van der Waals surface area contributed by atoms with E-state index in [0.717, 1.165) is 0 Å². The van der Waals surface area contributed by atoms with Gasteiger partial charge in [0.1, 0.15) is 0 Å². The van der Waals surface area contributed by atoms with Crippen LogP contribution in [-0.4, -0.2) is 21.3 Å². The lowest BCUT2D eigenvalue weighted by molar-refractivity contribution is 0.324. The van der Waals surface area contributed by atoms with Crippen LogP contribution < -0.4 is 14.2 Å².